The summed E-state index contributed by atoms with van der Waals surface area (Å²) >= 11 is 5.13. The first-order valence-corrected chi connectivity index (χ1v) is 7.34. The summed E-state index contributed by atoms with van der Waals surface area (Å²) in [4.78, 5) is 8.87. The molecule has 0 aromatic carbocycles. The first kappa shape index (κ1) is 12.8. The van der Waals surface area contributed by atoms with Gasteiger partial charge in [0.25, 0.3) is 0 Å². The van der Waals surface area contributed by atoms with Crippen LogP contribution in [-0.2, 0) is 0 Å². The number of hydrogen-bond donors (Lipinski definition) is 2. The monoisotopic (exact) mass is 313 g/mol. The highest BCUT2D eigenvalue weighted by atomic mass is 79.9. The zero-order chi connectivity index (χ0) is 12.4. The zero-order valence-electron chi connectivity index (χ0n) is 9.90. The van der Waals surface area contributed by atoms with Gasteiger partial charge < -0.3 is 10.7 Å². The predicted molar refractivity (Wildman–Crippen MR) is 76.0 cm³/mol. The van der Waals surface area contributed by atoms with Crippen LogP contribution in [0, 0.1) is 5.92 Å². The van der Waals surface area contributed by atoms with E-state index in [4.69, 9.17) is 5.73 Å². The third-order valence-corrected chi connectivity index (χ3v) is 4.73. The van der Waals surface area contributed by atoms with Crippen LogP contribution in [0.5, 0.6) is 0 Å². The van der Waals surface area contributed by atoms with E-state index < -0.39 is 0 Å². The quantitative estimate of drug-likeness (QED) is 0.898. The summed E-state index contributed by atoms with van der Waals surface area (Å²) in [6.07, 6.45) is 2.91. The van der Waals surface area contributed by atoms with Crippen LogP contribution < -0.4 is 5.73 Å². The molecule has 2 rings (SSSR count). The van der Waals surface area contributed by atoms with Gasteiger partial charge in [0.05, 0.1) is 22.8 Å². The van der Waals surface area contributed by atoms with Gasteiger partial charge in [0.15, 0.2) is 0 Å². The molecule has 0 amide bonds. The molecule has 2 atom stereocenters. The van der Waals surface area contributed by atoms with E-state index in [1.54, 1.807) is 11.3 Å². The molecule has 0 radical (unpaired) electrons. The van der Waals surface area contributed by atoms with E-state index in [9.17, 15) is 0 Å². The molecule has 2 unspecified atom stereocenters. The summed E-state index contributed by atoms with van der Waals surface area (Å²) in [6.45, 7) is 4.29. The molecule has 17 heavy (non-hydrogen) atoms. The van der Waals surface area contributed by atoms with E-state index in [0.717, 1.165) is 22.4 Å². The molecule has 0 aliphatic heterocycles. The third-order valence-electron chi connectivity index (χ3n) is 3.00. The van der Waals surface area contributed by atoms with Gasteiger partial charge in [-0.05, 0) is 27.9 Å². The van der Waals surface area contributed by atoms with Crippen LogP contribution in [-0.4, -0.2) is 9.97 Å². The molecule has 0 saturated carbocycles. The standard InChI is InChI=1S/C12H16BrN3S/c1-3-7(2)11(14)12-15-5-9(16-12)10-4-8(13)6-17-10/h4-7,11H,3,14H2,1-2H3,(H,15,16). The minimum absolute atomic E-state index is 0.0165. The van der Waals surface area contributed by atoms with Gasteiger partial charge in [-0.2, -0.15) is 0 Å². The van der Waals surface area contributed by atoms with E-state index >= 15 is 0 Å². The first-order valence-electron chi connectivity index (χ1n) is 5.66. The number of nitrogens with zero attached hydrogens (tertiary/aromatic N) is 1. The molecule has 5 heteroatoms. The number of imidazole rings is 1. The van der Waals surface area contributed by atoms with Crippen molar-refractivity contribution in [2.24, 2.45) is 11.7 Å². The fourth-order valence-corrected chi connectivity index (χ4v) is 3.00. The highest BCUT2D eigenvalue weighted by molar-refractivity contribution is 9.10. The summed E-state index contributed by atoms with van der Waals surface area (Å²) in [6, 6.07) is 2.06. The van der Waals surface area contributed by atoms with Crippen LogP contribution in [0.3, 0.4) is 0 Å². The molecule has 0 aliphatic rings. The van der Waals surface area contributed by atoms with Crippen molar-refractivity contribution in [1.29, 1.82) is 0 Å². The Balaban J connectivity index is 2.21. The maximum absolute atomic E-state index is 6.15. The van der Waals surface area contributed by atoms with Crippen LogP contribution >= 0.6 is 27.3 Å². The minimum atomic E-state index is -0.0165. The Hall–Kier alpha value is -0.650. The highest BCUT2D eigenvalue weighted by Gasteiger charge is 2.17. The summed E-state index contributed by atoms with van der Waals surface area (Å²) in [5.74, 6) is 1.31. The number of rotatable bonds is 4. The van der Waals surface area contributed by atoms with Crippen molar-refractivity contribution in [1.82, 2.24) is 9.97 Å². The van der Waals surface area contributed by atoms with Crippen molar-refractivity contribution in [2.45, 2.75) is 26.3 Å². The molecule has 3 nitrogen and oxygen atoms in total. The van der Waals surface area contributed by atoms with Crippen molar-refractivity contribution < 1.29 is 0 Å². The lowest BCUT2D eigenvalue weighted by molar-refractivity contribution is 0.441. The van der Waals surface area contributed by atoms with E-state index in [1.165, 1.54) is 4.88 Å². The molecule has 3 N–H and O–H groups in total. The number of halogens is 1. The van der Waals surface area contributed by atoms with E-state index in [2.05, 4.69) is 51.2 Å². The average Bonchev–Trinajstić information content (AvgIpc) is 2.95. The molecular formula is C12H16BrN3S. The molecule has 0 bridgehead atoms. The Labute approximate surface area is 114 Å². The van der Waals surface area contributed by atoms with E-state index in [1.807, 2.05) is 6.20 Å². The minimum Gasteiger partial charge on any atom is -0.340 e. The number of aromatic amines is 1. The SMILES string of the molecule is CCC(C)C(N)c1ncc(-c2cc(Br)cs2)[nH]1. The fourth-order valence-electron chi connectivity index (χ4n) is 1.61. The number of thiophene rings is 1. The van der Waals surface area contributed by atoms with Crippen LogP contribution in [0.2, 0.25) is 0 Å². The molecule has 92 valence electrons. The van der Waals surface area contributed by atoms with Gasteiger partial charge in [-0.1, -0.05) is 20.3 Å². The zero-order valence-corrected chi connectivity index (χ0v) is 12.3. The number of nitrogens with one attached hydrogen (secondary N) is 1. The molecule has 2 aromatic rings. The van der Waals surface area contributed by atoms with Gasteiger partial charge in [-0.3, -0.25) is 0 Å². The van der Waals surface area contributed by atoms with Crippen molar-refractivity contribution in [2.75, 3.05) is 0 Å². The van der Waals surface area contributed by atoms with Crippen LogP contribution in [0.15, 0.2) is 22.1 Å². The maximum atomic E-state index is 6.15. The molecule has 2 heterocycles. The predicted octanol–water partition coefficient (Wildman–Crippen LogP) is 3.95. The lowest BCUT2D eigenvalue weighted by Crippen LogP contribution is -2.19. The van der Waals surface area contributed by atoms with Crippen molar-refractivity contribution >= 4 is 27.3 Å². The molecule has 2 aromatic heterocycles. The van der Waals surface area contributed by atoms with Gasteiger partial charge in [0.2, 0.25) is 0 Å². The smallest absolute Gasteiger partial charge is 0.123 e. The Morgan fingerprint density at radius 3 is 2.94 bits per heavy atom. The van der Waals surface area contributed by atoms with Crippen LogP contribution in [0.1, 0.15) is 32.1 Å². The first-order chi connectivity index (χ1) is 8.11. The highest BCUT2D eigenvalue weighted by Crippen LogP contribution is 2.29. The molecule has 0 spiro atoms. The number of H-pyrrole nitrogens is 1. The number of hydrogen-bond acceptors (Lipinski definition) is 3. The average molecular weight is 314 g/mol. The van der Waals surface area contributed by atoms with Crippen molar-refractivity contribution in [3.63, 3.8) is 0 Å². The van der Waals surface area contributed by atoms with Gasteiger partial charge in [0.1, 0.15) is 5.82 Å². The topological polar surface area (TPSA) is 54.7 Å². The molecule has 0 fully saturated rings. The van der Waals surface area contributed by atoms with Crippen LogP contribution in [0.25, 0.3) is 10.6 Å². The summed E-state index contributed by atoms with van der Waals surface area (Å²) in [7, 11) is 0. The maximum Gasteiger partial charge on any atom is 0.123 e. The van der Waals surface area contributed by atoms with Gasteiger partial charge in [0, 0.05) is 9.85 Å². The Kier molecular flexibility index (Phi) is 4.01. The van der Waals surface area contributed by atoms with E-state index in [0.29, 0.717) is 5.92 Å². The Morgan fingerprint density at radius 2 is 2.35 bits per heavy atom. The van der Waals surface area contributed by atoms with Gasteiger partial charge >= 0.3 is 0 Å². The number of aromatic nitrogens is 2. The summed E-state index contributed by atoms with van der Waals surface area (Å²) in [5.41, 5.74) is 7.18. The number of nitrogens with two attached hydrogens (primary N) is 1. The largest absolute Gasteiger partial charge is 0.340 e. The molecule has 0 saturated heterocycles. The second-order valence-corrected chi connectivity index (χ2v) is 6.05. The Morgan fingerprint density at radius 1 is 1.59 bits per heavy atom. The molecular weight excluding hydrogens is 298 g/mol. The Bertz CT molecular complexity index is 491. The van der Waals surface area contributed by atoms with E-state index in [-0.39, 0.29) is 6.04 Å². The second kappa shape index (κ2) is 5.33. The second-order valence-electron chi connectivity index (χ2n) is 4.22. The normalized spacial score (nSPS) is 14.8. The van der Waals surface area contributed by atoms with Crippen molar-refractivity contribution in [3.8, 4) is 10.6 Å². The van der Waals surface area contributed by atoms with Crippen molar-refractivity contribution in [3.05, 3.63) is 27.9 Å². The van der Waals surface area contributed by atoms with Crippen LogP contribution in [0.4, 0.5) is 0 Å². The lowest BCUT2D eigenvalue weighted by Gasteiger charge is -2.15. The van der Waals surface area contributed by atoms with Gasteiger partial charge in [-0.15, -0.1) is 11.3 Å². The summed E-state index contributed by atoms with van der Waals surface area (Å²) in [5, 5.41) is 2.06. The van der Waals surface area contributed by atoms with Gasteiger partial charge in [-0.25, -0.2) is 4.98 Å². The lowest BCUT2D eigenvalue weighted by atomic mass is 10.00. The fraction of sp³-hybridized carbons (Fsp3) is 0.417. The summed E-state index contributed by atoms with van der Waals surface area (Å²) < 4.78 is 1.10. The third kappa shape index (κ3) is 2.78. The molecule has 0 aliphatic carbocycles.